The van der Waals surface area contributed by atoms with Crippen molar-refractivity contribution in [2.24, 2.45) is 5.92 Å². The molecular formula is C20H28N2O2. The van der Waals surface area contributed by atoms with E-state index in [1.54, 1.807) is 7.11 Å². The first kappa shape index (κ1) is 18.0. The van der Waals surface area contributed by atoms with Gasteiger partial charge < -0.3 is 20.1 Å². The molecule has 0 amide bonds. The third kappa shape index (κ3) is 6.41. The average Bonchev–Trinajstić information content (AvgIpc) is 2.59. The molecular weight excluding hydrogens is 300 g/mol. The molecule has 0 heterocycles. The second kappa shape index (κ2) is 9.71. The van der Waals surface area contributed by atoms with E-state index in [0.29, 0.717) is 5.92 Å². The summed E-state index contributed by atoms with van der Waals surface area (Å²) >= 11 is 0. The van der Waals surface area contributed by atoms with Crippen molar-refractivity contribution < 1.29 is 9.47 Å². The van der Waals surface area contributed by atoms with Crippen LogP contribution in [-0.2, 0) is 0 Å². The van der Waals surface area contributed by atoms with Crippen molar-refractivity contribution in [2.45, 2.75) is 20.3 Å². The zero-order chi connectivity index (χ0) is 17.2. The summed E-state index contributed by atoms with van der Waals surface area (Å²) in [7, 11) is 1.68. The van der Waals surface area contributed by atoms with Crippen molar-refractivity contribution in [3.8, 4) is 11.5 Å². The molecule has 4 nitrogen and oxygen atoms in total. The van der Waals surface area contributed by atoms with Crippen LogP contribution < -0.4 is 20.1 Å². The van der Waals surface area contributed by atoms with Crippen LogP contribution in [0.25, 0.3) is 0 Å². The molecule has 4 heteroatoms. The molecule has 0 aliphatic carbocycles. The van der Waals surface area contributed by atoms with Crippen LogP contribution in [0.3, 0.4) is 0 Å². The fourth-order valence-electron chi connectivity index (χ4n) is 2.26. The smallest absolute Gasteiger partial charge is 0.121 e. The zero-order valence-corrected chi connectivity index (χ0v) is 14.8. The van der Waals surface area contributed by atoms with E-state index in [9.17, 15) is 0 Å². The molecule has 0 spiro atoms. The molecule has 0 unspecified atom stereocenters. The summed E-state index contributed by atoms with van der Waals surface area (Å²) in [6.07, 6.45) is 1.07. The Labute approximate surface area is 145 Å². The number of anilines is 2. The monoisotopic (exact) mass is 328 g/mol. The normalized spacial score (nSPS) is 10.5. The standard InChI is InChI=1S/C20H28N2O2/c1-16(2)10-13-24-20-9-5-7-18(15-20)22-12-11-21-17-6-4-8-19(14-17)23-3/h4-9,14-16,21-22H,10-13H2,1-3H3. The van der Waals surface area contributed by atoms with E-state index in [2.05, 4.69) is 30.5 Å². The van der Waals surface area contributed by atoms with E-state index in [4.69, 9.17) is 9.47 Å². The van der Waals surface area contributed by atoms with Crippen molar-refractivity contribution in [3.63, 3.8) is 0 Å². The molecule has 0 radical (unpaired) electrons. The van der Waals surface area contributed by atoms with Crippen molar-refractivity contribution in [1.82, 2.24) is 0 Å². The van der Waals surface area contributed by atoms with Gasteiger partial charge in [-0.2, -0.15) is 0 Å². The summed E-state index contributed by atoms with van der Waals surface area (Å²) in [6, 6.07) is 16.1. The molecule has 0 bridgehead atoms. The SMILES string of the molecule is COc1cccc(NCCNc2cccc(OCCC(C)C)c2)c1. The Morgan fingerprint density at radius 1 is 0.875 bits per heavy atom. The van der Waals surface area contributed by atoms with Gasteiger partial charge in [0, 0.05) is 36.6 Å². The summed E-state index contributed by atoms with van der Waals surface area (Å²) in [4.78, 5) is 0. The van der Waals surface area contributed by atoms with E-state index in [-0.39, 0.29) is 0 Å². The van der Waals surface area contributed by atoms with Gasteiger partial charge in [0.2, 0.25) is 0 Å². The molecule has 0 fully saturated rings. The fraction of sp³-hybridized carbons (Fsp3) is 0.400. The minimum Gasteiger partial charge on any atom is -0.497 e. The molecule has 2 rings (SSSR count). The van der Waals surface area contributed by atoms with Crippen LogP contribution in [0.2, 0.25) is 0 Å². The first-order valence-electron chi connectivity index (χ1n) is 8.52. The maximum atomic E-state index is 5.79. The van der Waals surface area contributed by atoms with Crippen molar-refractivity contribution in [2.75, 3.05) is 37.4 Å². The molecule has 2 aromatic rings. The zero-order valence-electron chi connectivity index (χ0n) is 14.8. The number of benzene rings is 2. The van der Waals surface area contributed by atoms with Crippen molar-refractivity contribution in [1.29, 1.82) is 0 Å². The van der Waals surface area contributed by atoms with Gasteiger partial charge in [0.1, 0.15) is 11.5 Å². The lowest BCUT2D eigenvalue weighted by molar-refractivity contribution is 0.289. The molecule has 130 valence electrons. The number of ether oxygens (including phenoxy) is 2. The molecule has 0 aromatic heterocycles. The van der Waals surface area contributed by atoms with Crippen molar-refractivity contribution in [3.05, 3.63) is 48.5 Å². The van der Waals surface area contributed by atoms with Crippen LogP contribution in [-0.4, -0.2) is 26.8 Å². The second-order valence-corrected chi connectivity index (χ2v) is 6.14. The predicted octanol–water partition coefficient (Wildman–Crippen LogP) is 4.64. The van der Waals surface area contributed by atoms with Crippen LogP contribution in [0, 0.1) is 5.92 Å². The Hall–Kier alpha value is -2.36. The third-order valence-electron chi connectivity index (χ3n) is 3.65. The van der Waals surface area contributed by atoms with Gasteiger partial charge in [0.05, 0.1) is 13.7 Å². The minimum atomic E-state index is 0.661. The van der Waals surface area contributed by atoms with Crippen LogP contribution in [0.1, 0.15) is 20.3 Å². The fourth-order valence-corrected chi connectivity index (χ4v) is 2.26. The van der Waals surface area contributed by atoms with Crippen LogP contribution >= 0.6 is 0 Å². The van der Waals surface area contributed by atoms with Gasteiger partial charge in [0.25, 0.3) is 0 Å². The second-order valence-electron chi connectivity index (χ2n) is 6.14. The molecule has 0 aliphatic heterocycles. The summed E-state index contributed by atoms with van der Waals surface area (Å²) in [5.41, 5.74) is 2.13. The number of rotatable bonds is 10. The van der Waals surface area contributed by atoms with Crippen LogP contribution in [0.4, 0.5) is 11.4 Å². The first-order chi connectivity index (χ1) is 11.7. The van der Waals surface area contributed by atoms with Gasteiger partial charge in [-0.3, -0.25) is 0 Å². The largest absolute Gasteiger partial charge is 0.497 e. The highest BCUT2D eigenvalue weighted by Crippen LogP contribution is 2.18. The van der Waals surface area contributed by atoms with Gasteiger partial charge in [0.15, 0.2) is 0 Å². The highest BCUT2D eigenvalue weighted by molar-refractivity contribution is 5.50. The van der Waals surface area contributed by atoms with E-state index in [1.807, 2.05) is 42.5 Å². The molecule has 0 aliphatic rings. The number of hydrogen-bond acceptors (Lipinski definition) is 4. The first-order valence-corrected chi connectivity index (χ1v) is 8.52. The van der Waals surface area contributed by atoms with Gasteiger partial charge in [-0.25, -0.2) is 0 Å². The molecule has 0 atom stereocenters. The van der Waals surface area contributed by atoms with E-state index < -0.39 is 0 Å². The summed E-state index contributed by atoms with van der Waals surface area (Å²) < 4.78 is 11.0. The summed E-state index contributed by atoms with van der Waals surface area (Å²) in [6.45, 7) is 6.82. The maximum absolute atomic E-state index is 5.79. The van der Waals surface area contributed by atoms with E-state index in [1.165, 1.54) is 0 Å². The minimum absolute atomic E-state index is 0.661. The molecule has 0 saturated heterocycles. The highest BCUT2D eigenvalue weighted by atomic mass is 16.5. The van der Waals surface area contributed by atoms with Gasteiger partial charge in [-0.05, 0) is 36.6 Å². The Balaban J connectivity index is 1.73. The Kier molecular flexibility index (Phi) is 7.27. The quantitative estimate of drug-likeness (QED) is 0.623. The Morgan fingerprint density at radius 3 is 2.04 bits per heavy atom. The maximum Gasteiger partial charge on any atom is 0.121 e. The molecule has 0 saturated carbocycles. The lowest BCUT2D eigenvalue weighted by Crippen LogP contribution is -2.13. The summed E-state index contributed by atoms with van der Waals surface area (Å²) in [5.74, 6) is 2.44. The van der Waals surface area contributed by atoms with Gasteiger partial charge >= 0.3 is 0 Å². The molecule has 2 N–H and O–H groups in total. The van der Waals surface area contributed by atoms with Gasteiger partial charge in [-0.15, -0.1) is 0 Å². The van der Waals surface area contributed by atoms with Crippen LogP contribution in [0.15, 0.2) is 48.5 Å². The van der Waals surface area contributed by atoms with E-state index >= 15 is 0 Å². The third-order valence-corrected chi connectivity index (χ3v) is 3.65. The van der Waals surface area contributed by atoms with Crippen molar-refractivity contribution >= 4 is 11.4 Å². The summed E-state index contributed by atoms with van der Waals surface area (Å²) in [5, 5.41) is 6.79. The van der Waals surface area contributed by atoms with Gasteiger partial charge in [-0.1, -0.05) is 26.0 Å². The topological polar surface area (TPSA) is 42.5 Å². The Morgan fingerprint density at radius 2 is 1.46 bits per heavy atom. The van der Waals surface area contributed by atoms with Crippen LogP contribution in [0.5, 0.6) is 11.5 Å². The molecule has 2 aromatic carbocycles. The highest BCUT2D eigenvalue weighted by Gasteiger charge is 1.99. The van der Waals surface area contributed by atoms with E-state index in [0.717, 1.165) is 49.0 Å². The number of hydrogen-bond donors (Lipinski definition) is 2. The lowest BCUT2D eigenvalue weighted by Gasteiger charge is -2.12. The average molecular weight is 328 g/mol. The lowest BCUT2D eigenvalue weighted by atomic mass is 10.1. The molecule has 24 heavy (non-hydrogen) atoms. The number of methoxy groups -OCH3 is 1. The Bertz CT molecular complexity index is 614. The predicted molar refractivity (Wildman–Crippen MR) is 101 cm³/mol. The number of nitrogens with one attached hydrogen (secondary N) is 2.